The summed E-state index contributed by atoms with van der Waals surface area (Å²) in [4.78, 5) is 12.1. The predicted molar refractivity (Wildman–Crippen MR) is 82.9 cm³/mol. The van der Waals surface area contributed by atoms with Gasteiger partial charge in [-0.25, -0.2) is 22.3 Å². The summed E-state index contributed by atoms with van der Waals surface area (Å²) in [5.74, 6) is -0.751. The lowest BCUT2D eigenvalue weighted by Gasteiger charge is -2.24. The van der Waals surface area contributed by atoms with Crippen LogP contribution in [0.15, 0.2) is 24.5 Å². The second kappa shape index (κ2) is 5.82. The van der Waals surface area contributed by atoms with E-state index in [9.17, 15) is 17.6 Å². The Morgan fingerprint density at radius 1 is 1.42 bits per heavy atom. The van der Waals surface area contributed by atoms with Crippen LogP contribution in [0.1, 0.15) is 13.3 Å². The van der Waals surface area contributed by atoms with Gasteiger partial charge in [-0.05, 0) is 42.0 Å². The van der Waals surface area contributed by atoms with Crippen LogP contribution >= 0.6 is 0 Å². The maximum Gasteiger partial charge on any atom is 0.319 e. The van der Waals surface area contributed by atoms with Crippen LogP contribution in [0.3, 0.4) is 0 Å². The van der Waals surface area contributed by atoms with Crippen LogP contribution in [0.4, 0.5) is 14.9 Å². The molecule has 2 amide bonds. The van der Waals surface area contributed by atoms with Crippen molar-refractivity contribution in [2.45, 2.75) is 18.9 Å². The Labute approximate surface area is 137 Å². The van der Waals surface area contributed by atoms with Crippen molar-refractivity contribution in [3.63, 3.8) is 0 Å². The van der Waals surface area contributed by atoms with Gasteiger partial charge in [0.25, 0.3) is 0 Å². The maximum absolute atomic E-state index is 13.9. The number of carbonyl (C=O) groups excluding carboxylic acids is 1. The third kappa shape index (κ3) is 3.50. The van der Waals surface area contributed by atoms with Crippen LogP contribution in [-0.2, 0) is 9.84 Å². The van der Waals surface area contributed by atoms with Crippen molar-refractivity contribution in [2.24, 2.45) is 0 Å². The number of sulfone groups is 1. The SMILES string of the molecule is C[C@@]1(NC(=O)Nc2cc(-n3cnnn3)ccc2F)CCS(=O)(=O)C1. The molecule has 9 nitrogen and oxygen atoms in total. The van der Waals surface area contributed by atoms with Gasteiger partial charge in [0, 0.05) is 0 Å². The first-order valence-corrected chi connectivity index (χ1v) is 8.91. The lowest BCUT2D eigenvalue weighted by Crippen LogP contribution is -2.48. The topological polar surface area (TPSA) is 119 Å². The third-order valence-corrected chi connectivity index (χ3v) is 5.63. The fraction of sp³-hybridized carbons (Fsp3) is 0.385. The van der Waals surface area contributed by atoms with Gasteiger partial charge in [0.15, 0.2) is 9.84 Å². The first kappa shape index (κ1) is 16.3. The van der Waals surface area contributed by atoms with Crippen LogP contribution in [0.2, 0.25) is 0 Å². The lowest BCUT2D eigenvalue weighted by atomic mass is 10.0. The zero-order valence-corrected chi connectivity index (χ0v) is 13.5. The first-order chi connectivity index (χ1) is 11.3. The number of halogens is 1. The highest BCUT2D eigenvalue weighted by molar-refractivity contribution is 7.91. The van der Waals surface area contributed by atoms with Gasteiger partial charge in [-0.2, -0.15) is 0 Å². The minimum Gasteiger partial charge on any atom is -0.332 e. The number of amides is 2. The number of tetrazole rings is 1. The number of hydrogen-bond donors (Lipinski definition) is 2. The van der Waals surface area contributed by atoms with Gasteiger partial charge < -0.3 is 10.6 Å². The number of aromatic nitrogens is 4. The molecule has 24 heavy (non-hydrogen) atoms. The number of hydrogen-bond acceptors (Lipinski definition) is 6. The van der Waals surface area contributed by atoms with Crippen molar-refractivity contribution in [3.05, 3.63) is 30.3 Å². The van der Waals surface area contributed by atoms with Gasteiger partial charge in [0.1, 0.15) is 12.1 Å². The molecule has 2 N–H and O–H groups in total. The van der Waals surface area contributed by atoms with Crippen molar-refractivity contribution in [1.29, 1.82) is 0 Å². The summed E-state index contributed by atoms with van der Waals surface area (Å²) in [5, 5.41) is 15.6. The quantitative estimate of drug-likeness (QED) is 0.828. The number of carbonyl (C=O) groups is 1. The van der Waals surface area contributed by atoms with Crippen molar-refractivity contribution >= 4 is 21.6 Å². The molecular weight excluding hydrogens is 339 g/mol. The molecule has 0 aliphatic carbocycles. The molecule has 0 radical (unpaired) electrons. The minimum absolute atomic E-state index is 0.0208. The number of anilines is 1. The van der Waals surface area contributed by atoms with E-state index in [1.54, 1.807) is 6.92 Å². The van der Waals surface area contributed by atoms with Crippen LogP contribution in [0.5, 0.6) is 0 Å². The van der Waals surface area contributed by atoms with Gasteiger partial charge in [-0.1, -0.05) is 0 Å². The average Bonchev–Trinajstić information content (AvgIpc) is 3.09. The summed E-state index contributed by atoms with van der Waals surface area (Å²) >= 11 is 0. The first-order valence-electron chi connectivity index (χ1n) is 7.09. The Kier molecular flexibility index (Phi) is 3.95. The zero-order chi connectivity index (χ0) is 17.4. The van der Waals surface area contributed by atoms with Crippen molar-refractivity contribution < 1.29 is 17.6 Å². The summed E-state index contributed by atoms with van der Waals surface area (Å²) in [7, 11) is -3.16. The van der Waals surface area contributed by atoms with Crippen molar-refractivity contribution in [3.8, 4) is 5.69 Å². The fourth-order valence-corrected chi connectivity index (χ4v) is 4.66. The molecule has 1 aromatic heterocycles. The Morgan fingerprint density at radius 3 is 2.83 bits per heavy atom. The van der Waals surface area contributed by atoms with E-state index in [2.05, 4.69) is 26.2 Å². The maximum atomic E-state index is 13.9. The van der Waals surface area contributed by atoms with Gasteiger partial charge >= 0.3 is 6.03 Å². The molecule has 3 rings (SSSR count). The van der Waals surface area contributed by atoms with Gasteiger partial charge in [0.05, 0.1) is 28.4 Å². The van der Waals surface area contributed by atoms with E-state index >= 15 is 0 Å². The molecule has 0 saturated carbocycles. The molecule has 0 bridgehead atoms. The van der Waals surface area contributed by atoms with E-state index in [1.165, 1.54) is 29.2 Å². The highest BCUT2D eigenvalue weighted by atomic mass is 32.2. The van der Waals surface area contributed by atoms with E-state index in [0.717, 1.165) is 0 Å². The van der Waals surface area contributed by atoms with Gasteiger partial charge in [0.2, 0.25) is 0 Å². The molecule has 1 atom stereocenters. The minimum atomic E-state index is -3.16. The average molecular weight is 354 g/mol. The number of nitrogens with one attached hydrogen (secondary N) is 2. The number of urea groups is 1. The van der Waals surface area contributed by atoms with E-state index in [0.29, 0.717) is 12.1 Å². The summed E-state index contributed by atoms with van der Waals surface area (Å²) in [6, 6.07) is 3.33. The Morgan fingerprint density at radius 2 is 2.21 bits per heavy atom. The van der Waals surface area contributed by atoms with E-state index in [1.807, 2.05) is 0 Å². The normalized spacial score (nSPS) is 22.2. The van der Waals surface area contributed by atoms with E-state index in [4.69, 9.17) is 0 Å². The molecule has 2 heterocycles. The Hall–Kier alpha value is -2.56. The molecule has 0 spiro atoms. The van der Waals surface area contributed by atoms with E-state index in [-0.39, 0.29) is 17.2 Å². The Bertz CT molecular complexity index is 870. The van der Waals surface area contributed by atoms with Crippen LogP contribution in [-0.4, -0.2) is 51.7 Å². The number of nitrogens with zero attached hydrogens (tertiary/aromatic N) is 4. The largest absolute Gasteiger partial charge is 0.332 e. The van der Waals surface area contributed by atoms with Crippen LogP contribution in [0, 0.1) is 5.82 Å². The molecule has 1 saturated heterocycles. The highest BCUT2D eigenvalue weighted by Gasteiger charge is 2.39. The predicted octanol–water partition coefficient (Wildman–Crippen LogP) is 0.500. The number of rotatable bonds is 3. The molecule has 11 heteroatoms. The second-order valence-electron chi connectivity index (χ2n) is 5.90. The molecule has 1 aromatic carbocycles. The molecular formula is C13H15FN6O3S. The standard InChI is InChI=1S/C13H15FN6O3S/c1-13(4-5-24(22,23)7-13)17-12(21)16-11-6-9(2-3-10(11)14)20-8-15-18-19-20/h2-3,6,8H,4-5,7H2,1H3,(H2,16,17,21)/t13-/m1/s1. The monoisotopic (exact) mass is 354 g/mol. The fourth-order valence-electron chi connectivity index (χ4n) is 2.57. The summed E-state index contributed by atoms with van der Waals surface area (Å²) in [5.41, 5.74) is -0.469. The zero-order valence-electron chi connectivity index (χ0n) is 12.7. The summed E-state index contributed by atoms with van der Waals surface area (Å²) < 4.78 is 38.3. The van der Waals surface area contributed by atoms with Crippen molar-refractivity contribution in [1.82, 2.24) is 25.5 Å². The highest BCUT2D eigenvalue weighted by Crippen LogP contribution is 2.23. The second-order valence-corrected chi connectivity index (χ2v) is 8.08. The summed E-state index contributed by atoms with van der Waals surface area (Å²) in [6.07, 6.45) is 1.65. The van der Waals surface area contributed by atoms with E-state index < -0.39 is 27.2 Å². The van der Waals surface area contributed by atoms with Crippen molar-refractivity contribution in [2.75, 3.05) is 16.8 Å². The molecule has 0 unspecified atom stereocenters. The molecule has 2 aromatic rings. The lowest BCUT2D eigenvalue weighted by molar-refractivity contribution is 0.242. The third-order valence-electron chi connectivity index (χ3n) is 3.73. The molecule has 1 fully saturated rings. The smallest absolute Gasteiger partial charge is 0.319 e. The van der Waals surface area contributed by atoms with Crippen LogP contribution in [0.25, 0.3) is 5.69 Å². The number of benzene rings is 1. The van der Waals surface area contributed by atoms with Crippen LogP contribution < -0.4 is 10.6 Å². The molecule has 1 aliphatic heterocycles. The molecule has 1 aliphatic rings. The summed E-state index contributed by atoms with van der Waals surface area (Å²) in [6.45, 7) is 1.64. The van der Waals surface area contributed by atoms with Gasteiger partial charge in [-0.3, -0.25) is 0 Å². The van der Waals surface area contributed by atoms with Gasteiger partial charge in [-0.15, -0.1) is 5.10 Å². The molecule has 128 valence electrons. The Balaban J connectivity index is 1.74.